The van der Waals surface area contributed by atoms with Crippen molar-refractivity contribution in [2.45, 2.75) is 18.1 Å². The van der Waals surface area contributed by atoms with Crippen LogP contribution in [0.25, 0.3) is 11.0 Å². The van der Waals surface area contributed by atoms with Crippen molar-refractivity contribution >= 4 is 40.1 Å². The quantitative estimate of drug-likeness (QED) is 0.638. The number of carbonyl (C=O) groups is 1. The van der Waals surface area contributed by atoms with Crippen LogP contribution in [0.2, 0.25) is 0 Å². The van der Waals surface area contributed by atoms with Crippen molar-refractivity contribution < 1.29 is 22.7 Å². The zero-order valence-corrected chi connectivity index (χ0v) is 11.9. The Morgan fingerprint density at radius 3 is 2.60 bits per heavy atom. The Hall–Kier alpha value is -1.35. The van der Waals surface area contributed by atoms with E-state index < -0.39 is 17.8 Å². The predicted molar refractivity (Wildman–Crippen MR) is 69.8 cm³/mol. The first-order valence-corrected chi connectivity index (χ1v) is 7.44. The highest BCUT2D eigenvalue weighted by Gasteiger charge is 2.37. The average Bonchev–Trinajstić information content (AvgIpc) is 2.81. The Morgan fingerprint density at radius 2 is 2.00 bits per heavy atom. The van der Waals surface area contributed by atoms with Crippen molar-refractivity contribution in [2.24, 2.45) is 0 Å². The number of nitrogens with zero attached hydrogens (tertiary/aromatic N) is 2. The van der Waals surface area contributed by atoms with Crippen LogP contribution < -0.4 is 0 Å². The van der Waals surface area contributed by atoms with Crippen LogP contribution in [-0.2, 0) is 15.7 Å². The highest BCUT2D eigenvalue weighted by molar-refractivity contribution is 7.99. The second-order valence-corrected chi connectivity index (χ2v) is 5.32. The summed E-state index contributed by atoms with van der Waals surface area (Å²) in [5.74, 6) is -0.820. The van der Waals surface area contributed by atoms with E-state index in [1.165, 1.54) is 16.7 Å². The molecule has 9 heteroatoms. The third-order valence-electron chi connectivity index (χ3n) is 2.18. The van der Waals surface area contributed by atoms with Crippen molar-refractivity contribution in [3.8, 4) is 0 Å². The van der Waals surface area contributed by atoms with E-state index in [0.717, 1.165) is 0 Å². The molecule has 0 saturated heterocycles. The van der Waals surface area contributed by atoms with Gasteiger partial charge in [-0.05, 0) is 6.92 Å². The molecule has 0 aliphatic carbocycles. The molecule has 20 heavy (non-hydrogen) atoms. The van der Waals surface area contributed by atoms with E-state index in [0.29, 0.717) is 17.3 Å². The molecule has 0 atom stereocenters. The van der Waals surface area contributed by atoms with Crippen molar-refractivity contribution in [2.75, 3.05) is 12.4 Å². The highest BCUT2D eigenvalue weighted by atomic mass is 32.2. The van der Waals surface area contributed by atoms with E-state index >= 15 is 0 Å². The second-order valence-electron chi connectivity index (χ2n) is 3.61. The first kappa shape index (κ1) is 15.0. The molecule has 2 rings (SSSR count). The summed E-state index contributed by atoms with van der Waals surface area (Å²) in [6, 6.07) is 0. The molecule has 0 fully saturated rings. The fourth-order valence-electron chi connectivity index (χ4n) is 1.40. The molecule has 0 N–H and O–H groups in total. The zero-order chi connectivity index (χ0) is 14.8. The van der Waals surface area contributed by atoms with Gasteiger partial charge in [-0.25, -0.2) is 9.97 Å². The van der Waals surface area contributed by atoms with Gasteiger partial charge in [0.25, 0.3) is 0 Å². The molecule has 0 aliphatic heterocycles. The van der Waals surface area contributed by atoms with Crippen LogP contribution in [0.15, 0.2) is 15.8 Å². The lowest BCUT2D eigenvalue weighted by molar-refractivity contribution is -0.144. The summed E-state index contributed by atoms with van der Waals surface area (Å²) in [5.41, 5.74) is -0.491. The lowest BCUT2D eigenvalue weighted by Gasteiger charge is -2.10. The van der Waals surface area contributed by atoms with Gasteiger partial charge in [0.15, 0.2) is 5.69 Å². The number of ether oxygens (including phenoxy) is 1. The van der Waals surface area contributed by atoms with Crippen molar-refractivity contribution in [3.63, 3.8) is 0 Å². The smallest absolute Gasteiger partial charge is 0.436 e. The SMILES string of the molecule is CCOC(=O)CSc1nc2cscc2nc1C(F)(F)F. The third kappa shape index (κ3) is 3.40. The Balaban J connectivity index is 2.31. The van der Waals surface area contributed by atoms with Gasteiger partial charge < -0.3 is 4.74 Å². The number of carbonyl (C=O) groups excluding carboxylic acids is 1. The van der Waals surface area contributed by atoms with Crippen LogP contribution >= 0.6 is 23.1 Å². The summed E-state index contributed by atoms with van der Waals surface area (Å²) in [6.07, 6.45) is -4.61. The van der Waals surface area contributed by atoms with Gasteiger partial charge in [-0.1, -0.05) is 11.8 Å². The van der Waals surface area contributed by atoms with Crippen molar-refractivity contribution in [3.05, 3.63) is 16.5 Å². The summed E-state index contributed by atoms with van der Waals surface area (Å²) in [6.45, 7) is 1.81. The maximum atomic E-state index is 12.9. The number of halogens is 3. The second kappa shape index (κ2) is 5.96. The normalized spacial score (nSPS) is 11.8. The summed E-state index contributed by atoms with van der Waals surface area (Å²) in [4.78, 5) is 18.7. The van der Waals surface area contributed by atoms with Gasteiger partial charge in [0.1, 0.15) is 16.1 Å². The fraction of sp³-hybridized carbons (Fsp3) is 0.364. The van der Waals surface area contributed by atoms with Crippen molar-refractivity contribution in [1.82, 2.24) is 9.97 Å². The van der Waals surface area contributed by atoms with Crippen LogP contribution in [-0.4, -0.2) is 28.3 Å². The number of rotatable bonds is 4. The first-order valence-electron chi connectivity index (χ1n) is 5.51. The molecular formula is C11H9F3N2O2S2. The molecule has 0 aliphatic rings. The van der Waals surface area contributed by atoms with Crippen LogP contribution in [0.3, 0.4) is 0 Å². The largest absolute Gasteiger partial charge is 0.465 e. The maximum Gasteiger partial charge on any atom is 0.436 e. The van der Waals surface area contributed by atoms with E-state index in [2.05, 4.69) is 14.7 Å². The minimum absolute atomic E-state index is 0.181. The van der Waals surface area contributed by atoms with Gasteiger partial charge in [-0.3, -0.25) is 4.79 Å². The molecule has 0 unspecified atom stereocenters. The maximum absolute atomic E-state index is 12.9. The van der Waals surface area contributed by atoms with Crippen LogP contribution in [0, 0.1) is 0 Å². The molecule has 0 bridgehead atoms. The first-order chi connectivity index (χ1) is 9.41. The summed E-state index contributed by atoms with van der Waals surface area (Å²) < 4.78 is 43.5. The molecule has 108 valence electrons. The van der Waals surface area contributed by atoms with E-state index in [1.807, 2.05) is 0 Å². The molecule has 2 aromatic heterocycles. The van der Waals surface area contributed by atoms with Crippen LogP contribution in [0.5, 0.6) is 0 Å². The van der Waals surface area contributed by atoms with Crippen molar-refractivity contribution in [1.29, 1.82) is 0 Å². The number of esters is 1. The molecule has 0 amide bonds. The monoisotopic (exact) mass is 322 g/mol. The highest BCUT2D eigenvalue weighted by Crippen LogP contribution is 2.35. The summed E-state index contributed by atoms with van der Waals surface area (Å²) in [7, 11) is 0. The van der Waals surface area contributed by atoms with Gasteiger partial charge >= 0.3 is 12.1 Å². The number of alkyl halides is 3. The average molecular weight is 322 g/mol. The van der Waals surface area contributed by atoms with Crippen LogP contribution in [0.4, 0.5) is 13.2 Å². The van der Waals surface area contributed by atoms with Gasteiger partial charge in [0, 0.05) is 10.8 Å². The summed E-state index contributed by atoms with van der Waals surface area (Å²) >= 11 is 1.90. The minimum atomic E-state index is -4.61. The topological polar surface area (TPSA) is 52.1 Å². The standard InChI is InChI=1S/C11H9F3N2O2S2/c1-2-18-8(17)5-20-10-9(11(12,13)14)15-6-3-19-4-7(6)16-10/h3-4H,2,5H2,1H3. The van der Waals surface area contributed by atoms with E-state index in [1.54, 1.807) is 12.3 Å². The molecular weight excluding hydrogens is 313 g/mol. The van der Waals surface area contributed by atoms with Crippen LogP contribution in [0.1, 0.15) is 12.6 Å². The Labute approximate surface area is 120 Å². The number of thiophene rings is 1. The molecule has 2 aromatic rings. The minimum Gasteiger partial charge on any atom is -0.465 e. The van der Waals surface area contributed by atoms with Gasteiger partial charge in [0.2, 0.25) is 0 Å². The molecule has 2 heterocycles. The summed E-state index contributed by atoms with van der Waals surface area (Å²) in [5, 5.41) is 2.80. The van der Waals surface area contributed by atoms with Gasteiger partial charge in [-0.15, -0.1) is 11.3 Å². The fourth-order valence-corrected chi connectivity index (χ4v) is 2.87. The lowest BCUT2D eigenvalue weighted by Crippen LogP contribution is -2.13. The zero-order valence-electron chi connectivity index (χ0n) is 10.2. The Kier molecular flexibility index (Phi) is 4.48. The molecule has 4 nitrogen and oxygen atoms in total. The Morgan fingerprint density at radius 1 is 1.35 bits per heavy atom. The van der Waals surface area contributed by atoms with E-state index in [-0.39, 0.29) is 22.9 Å². The molecule has 0 spiro atoms. The van der Waals surface area contributed by atoms with E-state index in [9.17, 15) is 18.0 Å². The molecule has 0 aromatic carbocycles. The number of fused-ring (bicyclic) bond motifs is 1. The lowest BCUT2D eigenvalue weighted by atomic mass is 10.4. The number of aromatic nitrogens is 2. The van der Waals surface area contributed by atoms with Gasteiger partial charge in [0.05, 0.1) is 12.4 Å². The third-order valence-corrected chi connectivity index (χ3v) is 3.84. The number of hydrogen-bond acceptors (Lipinski definition) is 6. The van der Waals surface area contributed by atoms with E-state index in [4.69, 9.17) is 0 Å². The number of thioether (sulfide) groups is 1. The predicted octanol–water partition coefficient (Wildman–Crippen LogP) is 3.37. The molecule has 0 radical (unpaired) electrons. The number of hydrogen-bond donors (Lipinski definition) is 0. The molecule has 0 saturated carbocycles. The van der Waals surface area contributed by atoms with Gasteiger partial charge in [-0.2, -0.15) is 13.2 Å². The Bertz CT molecular complexity index is 628.